The Morgan fingerprint density at radius 3 is 2.62 bits per heavy atom. The lowest BCUT2D eigenvalue weighted by molar-refractivity contribution is 0.0691. The predicted molar refractivity (Wildman–Crippen MR) is 72.4 cm³/mol. The van der Waals surface area contributed by atoms with Crippen LogP contribution in [0.4, 0.5) is 0 Å². The molecule has 0 aromatic carbocycles. The molecule has 21 heavy (non-hydrogen) atoms. The third-order valence-corrected chi connectivity index (χ3v) is 4.58. The third kappa shape index (κ3) is 2.83. The van der Waals surface area contributed by atoms with E-state index in [0.29, 0.717) is 5.82 Å². The van der Waals surface area contributed by atoms with Crippen molar-refractivity contribution in [3.8, 4) is 0 Å². The molecule has 0 radical (unpaired) electrons. The van der Waals surface area contributed by atoms with Crippen molar-refractivity contribution in [2.75, 3.05) is 0 Å². The van der Waals surface area contributed by atoms with Crippen LogP contribution >= 0.6 is 0 Å². The fourth-order valence-electron chi connectivity index (χ4n) is 2.03. The number of furan rings is 1. The highest BCUT2D eigenvalue weighted by Gasteiger charge is 2.30. The van der Waals surface area contributed by atoms with Crippen molar-refractivity contribution in [2.24, 2.45) is 7.05 Å². The maximum absolute atomic E-state index is 12.3. The number of rotatable bonds is 5. The lowest BCUT2D eigenvalue weighted by atomic mass is 10.2. The van der Waals surface area contributed by atoms with Crippen LogP contribution in [0.5, 0.6) is 0 Å². The predicted octanol–water partition coefficient (Wildman–Crippen LogP) is 0.807. The lowest BCUT2D eigenvalue weighted by Gasteiger charge is -2.07. The summed E-state index contributed by atoms with van der Waals surface area (Å²) in [6.45, 7) is 2.78. The van der Waals surface area contributed by atoms with Crippen LogP contribution in [0, 0.1) is 13.8 Å². The summed E-state index contributed by atoms with van der Waals surface area (Å²) in [5, 5.41) is 9.15. The highest BCUT2D eigenvalue weighted by atomic mass is 32.2. The second-order valence-corrected chi connectivity index (χ2v) is 6.21. The molecule has 0 bridgehead atoms. The van der Waals surface area contributed by atoms with E-state index in [1.54, 1.807) is 24.0 Å². The molecule has 0 saturated heterocycles. The van der Waals surface area contributed by atoms with E-state index < -0.39 is 16.0 Å². The van der Waals surface area contributed by atoms with E-state index in [1.807, 2.05) is 0 Å². The van der Waals surface area contributed by atoms with Gasteiger partial charge in [0.05, 0.1) is 6.54 Å². The first-order valence-corrected chi connectivity index (χ1v) is 7.51. The molecule has 2 rings (SSSR count). The van der Waals surface area contributed by atoms with Crippen LogP contribution in [0.1, 0.15) is 27.7 Å². The Morgan fingerprint density at radius 2 is 2.10 bits per heavy atom. The number of imidazole rings is 1. The normalized spacial score (nSPS) is 11.8. The number of carboxylic acids is 1. The summed E-state index contributed by atoms with van der Waals surface area (Å²) >= 11 is 0. The van der Waals surface area contributed by atoms with Crippen LogP contribution in [0.25, 0.3) is 0 Å². The molecule has 0 aliphatic carbocycles. The van der Waals surface area contributed by atoms with E-state index in [0.717, 1.165) is 0 Å². The maximum Gasteiger partial charge on any atom is 0.340 e. The summed E-state index contributed by atoms with van der Waals surface area (Å²) < 4.78 is 33.8. The van der Waals surface area contributed by atoms with Crippen molar-refractivity contribution in [2.45, 2.75) is 25.3 Å². The Kier molecular flexibility index (Phi) is 3.88. The zero-order valence-corrected chi connectivity index (χ0v) is 12.6. The van der Waals surface area contributed by atoms with E-state index in [-0.39, 0.29) is 28.5 Å². The minimum atomic E-state index is -4.02. The number of aryl methyl sites for hydroxylation is 3. The SMILES string of the molecule is Cc1oc(C)c(S(=O)(=O)NCc2nccn2C)c1C(=O)O. The van der Waals surface area contributed by atoms with Crippen molar-refractivity contribution in [1.82, 2.24) is 14.3 Å². The molecular formula is C12H15N3O5S. The highest BCUT2D eigenvalue weighted by molar-refractivity contribution is 7.89. The van der Waals surface area contributed by atoms with Crippen LogP contribution in [0.15, 0.2) is 21.7 Å². The van der Waals surface area contributed by atoms with Gasteiger partial charge in [0.2, 0.25) is 10.0 Å². The molecule has 9 heteroatoms. The summed E-state index contributed by atoms with van der Waals surface area (Å²) in [6.07, 6.45) is 3.22. The van der Waals surface area contributed by atoms with Crippen molar-refractivity contribution in [1.29, 1.82) is 0 Å². The first-order chi connectivity index (χ1) is 9.74. The molecule has 2 aromatic heterocycles. The largest absolute Gasteiger partial charge is 0.478 e. The summed E-state index contributed by atoms with van der Waals surface area (Å²) in [6, 6.07) is 0. The smallest absolute Gasteiger partial charge is 0.340 e. The number of sulfonamides is 1. The number of carbonyl (C=O) groups is 1. The number of nitrogens with zero attached hydrogens (tertiary/aromatic N) is 2. The zero-order valence-electron chi connectivity index (χ0n) is 11.7. The van der Waals surface area contributed by atoms with Crippen molar-refractivity contribution < 1.29 is 22.7 Å². The molecule has 0 spiro atoms. The van der Waals surface area contributed by atoms with Crippen molar-refractivity contribution >= 4 is 16.0 Å². The standard InChI is InChI=1S/C12H15N3O5S/c1-7-10(12(16)17)11(8(2)20-7)21(18,19)14-6-9-13-4-5-15(9)3/h4-5,14H,6H2,1-3H3,(H,16,17). The van der Waals surface area contributed by atoms with Crippen molar-refractivity contribution in [3.63, 3.8) is 0 Å². The van der Waals surface area contributed by atoms with Crippen molar-refractivity contribution in [3.05, 3.63) is 35.3 Å². The van der Waals surface area contributed by atoms with Gasteiger partial charge in [0, 0.05) is 19.4 Å². The average molecular weight is 313 g/mol. The van der Waals surface area contributed by atoms with E-state index in [9.17, 15) is 13.2 Å². The van der Waals surface area contributed by atoms with E-state index in [2.05, 4.69) is 9.71 Å². The van der Waals surface area contributed by atoms with Gasteiger partial charge < -0.3 is 14.1 Å². The van der Waals surface area contributed by atoms with E-state index in [4.69, 9.17) is 9.52 Å². The molecule has 8 nitrogen and oxygen atoms in total. The molecule has 2 aromatic rings. The van der Waals surface area contributed by atoms with E-state index in [1.165, 1.54) is 13.8 Å². The lowest BCUT2D eigenvalue weighted by Crippen LogP contribution is -2.26. The van der Waals surface area contributed by atoms with Gasteiger partial charge in [0.25, 0.3) is 0 Å². The van der Waals surface area contributed by atoms with Crippen LogP contribution in [0.3, 0.4) is 0 Å². The molecule has 0 saturated carbocycles. The number of hydrogen-bond acceptors (Lipinski definition) is 5. The Bertz CT molecular complexity index is 788. The molecule has 114 valence electrons. The number of nitrogens with one attached hydrogen (secondary N) is 1. The Hall–Kier alpha value is -2.13. The Morgan fingerprint density at radius 1 is 1.43 bits per heavy atom. The summed E-state index contributed by atoms with van der Waals surface area (Å²) in [5.41, 5.74) is -0.347. The summed E-state index contributed by atoms with van der Waals surface area (Å²) in [4.78, 5) is 14.9. The van der Waals surface area contributed by atoms with Gasteiger partial charge in [-0.3, -0.25) is 0 Å². The van der Waals surface area contributed by atoms with Gasteiger partial charge in [0.15, 0.2) is 0 Å². The topological polar surface area (TPSA) is 114 Å². The van der Waals surface area contributed by atoms with Gasteiger partial charge in [0.1, 0.15) is 27.8 Å². The highest BCUT2D eigenvalue weighted by Crippen LogP contribution is 2.26. The number of aromatic nitrogens is 2. The number of hydrogen-bond donors (Lipinski definition) is 2. The fourth-order valence-corrected chi connectivity index (χ4v) is 3.42. The van der Waals surface area contributed by atoms with Crippen LogP contribution in [-0.4, -0.2) is 29.0 Å². The molecule has 0 atom stereocenters. The van der Waals surface area contributed by atoms with Crippen LogP contribution in [0.2, 0.25) is 0 Å². The van der Waals surface area contributed by atoms with Gasteiger partial charge >= 0.3 is 5.97 Å². The molecule has 0 amide bonds. The maximum atomic E-state index is 12.3. The molecule has 0 aliphatic heterocycles. The van der Waals surface area contributed by atoms with Crippen LogP contribution in [-0.2, 0) is 23.6 Å². The minimum Gasteiger partial charge on any atom is -0.478 e. The van der Waals surface area contributed by atoms with Crippen LogP contribution < -0.4 is 4.72 Å². The fraction of sp³-hybridized carbons (Fsp3) is 0.333. The Balaban J connectivity index is 2.36. The van der Waals surface area contributed by atoms with Gasteiger partial charge in [-0.1, -0.05) is 0 Å². The number of carboxylic acid groups (broad SMARTS) is 1. The molecule has 0 fully saturated rings. The zero-order chi connectivity index (χ0) is 15.8. The average Bonchev–Trinajstić information content (AvgIpc) is 2.90. The molecule has 0 aliphatic rings. The second-order valence-electron chi connectivity index (χ2n) is 4.50. The third-order valence-electron chi connectivity index (χ3n) is 3.03. The first-order valence-electron chi connectivity index (χ1n) is 6.03. The van der Waals surface area contributed by atoms with Gasteiger partial charge in [-0.05, 0) is 13.8 Å². The van der Waals surface area contributed by atoms with E-state index >= 15 is 0 Å². The second kappa shape index (κ2) is 5.34. The van der Waals surface area contributed by atoms with Gasteiger partial charge in [-0.25, -0.2) is 22.9 Å². The monoisotopic (exact) mass is 313 g/mol. The van der Waals surface area contributed by atoms with Gasteiger partial charge in [-0.2, -0.15) is 0 Å². The Labute approximate surface area is 121 Å². The minimum absolute atomic E-state index is 0.0391. The number of aromatic carboxylic acids is 1. The van der Waals surface area contributed by atoms with Gasteiger partial charge in [-0.15, -0.1) is 0 Å². The molecular weight excluding hydrogens is 298 g/mol. The molecule has 0 unspecified atom stereocenters. The molecule has 2 N–H and O–H groups in total. The summed E-state index contributed by atoms with van der Waals surface area (Å²) in [7, 11) is -2.29. The first kappa shape index (κ1) is 15.3. The molecule has 2 heterocycles. The summed E-state index contributed by atoms with van der Waals surface area (Å²) in [5.74, 6) is -0.746. The quantitative estimate of drug-likeness (QED) is 0.844.